The van der Waals surface area contributed by atoms with E-state index in [-0.39, 0.29) is 31.2 Å². The van der Waals surface area contributed by atoms with E-state index in [1.165, 1.54) is 18.5 Å². The summed E-state index contributed by atoms with van der Waals surface area (Å²) in [4.78, 5) is 22.7. The number of carbonyl (C=O) groups is 1. The number of H-pyrrole nitrogens is 1. The number of aliphatic hydroxyl groups is 1. The van der Waals surface area contributed by atoms with Gasteiger partial charge in [-0.1, -0.05) is 12.1 Å². The van der Waals surface area contributed by atoms with Crippen LogP contribution in [-0.2, 0) is 24.5 Å². The Bertz CT molecular complexity index is 665. The second kappa shape index (κ2) is 6.11. The number of halogens is 1. The topological polar surface area (TPSA) is 100 Å². The predicted molar refractivity (Wildman–Crippen MR) is 67.0 cm³/mol. The molecule has 2 aromatic rings. The van der Waals surface area contributed by atoms with E-state index in [1.54, 1.807) is 6.07 Å². The lowest BCUT2D eigenvalue weighted by Crippen LogP contribution is -2.30. The molecule has 0 atom stereocenters. The molecule has 0 aliphatic carbocycles. The van der Waals surface area contributed by atoms with Gasteiger partial charge in [0.15, 0.2) is 0 Å². The maximum absolute atomic E-state index is 13.4. The number of aromatic amines is 1. The van der Waals surface area contributed by atoms with E-state index >= 15 is 0 Å². The third-order valence-corrected chi connectivity index (χ3v) is 2.71. The summed E-state index contributed by atoms with van der Waals surface area (Å²) in [6.45, 7) is -0.400. The van der Waals surface area contributed by atoms with E-state index in [0.29, 0.717) is 5.56 Å². The van der Waals surface area contributed by atoms with Crippen molar-refractivity contribution in [2.75, 3.05) is 0 Å². The Morgan fingerprint density at radius 3 is 2.90 bits per heavy atom. The lowest BCUT2D eigenvalue weighted by Gasteiger charge is -2.07. The molecule has 0 spiro atoms. The van der Waals surface area contributed by atoms with Crippen LogP contribution in [0.5, 0.6) is 0 Å². The Kier molecular flexibility index (Phi) is 4.26. The Morgan fingerprint density at radius 1 is 1.50 bits per heavy atom. The SMILES string of the molecule is O=C(Cn1cn[nH]c1=O)NCc1ccc(CO)c(F)c1. The molecule has 1 heterocycles. The van der Waals surface area contributed by atoms with Gasteiger partial charge in [-0.2, -0.15) is 5.10 Å². The molecule has 106 valence electrons. The Balaban J connectivity index is 1.92. The molecule has 0 fully saturated rings. The monoisotopic (exact) mass is 280 g/mol. The van der Waals surface area contributed by atoms with Crippen LogP contribution in [0.1, 0.15) is 11.1 Å². The van der Waals surface area contributed by atoms with Crippen LogP contribution in [0, 0.1) is 5.82 Å². The van der Waals surface area contributed by atoms with Crippen molar-refractivity contribution in [2.24, 2.45) is 0 Å². The minimum Gasteiger partial charge on any atom is -0.392 e. The maximum atomic E-state index is 13.4. The molecule has 1 aromatic heterocycles. The van der Waals surface area contributed by atoms with Crippen LogP contribution < -0.4 is 11.0 Å². The average Bonchev–Trinajstić information content (AvgIpc) is 2.82. The van der Waals surface area contributed by atoms with Gasteiger partial charge in [0.05, 0.1) is 6.61 Å². The summed E-state index contributed by atoms with van der Waals surface area (Å²) >= 11 is 0. The zero-order chi connectivity index (χ0) is 14.5. The second-order valence-corrected chi connectivity index (χ2v) is 4.15. The molecular formula is C12H13FN4O3. The van der Waals surface area contributed by atoms with Gasteiger partial charge >= 0.3 is 5.69 Å². The van der Waals surface area contributed by atoms with Crippen molar-refractivity contribution < 1.29 is 14.3 Å². The van der Waals surface area contributed by atoms with E-state index in [0.717, 1.165) is 4.57 Å². The van der Waals surface area contributed by atoms with Gasteiger partial charge in [0.25, 0.3) is 0 Å². The van der Waals surface area contributed by atoms with Crippen LogP contribution in [0.4, 0.5) is 4.39 Å². The summed E-state index contributed by atoms with van der Waals surface area (Å²) in [5, 5.41) is 17.1. The first-order valence-electron chi connectivity index (χ1n) is 5.85. The normalized spacial score (nSPS) is 10.5. The Hall–Kier alpha value is -2.48. The summed E-state index contributed by atoms with van der Waals surface area (Å²) in [6.07, 6.45) is 1.22. The molecule has 0 aliphatic rings. The molecule has 0 saturated heterocycles. The average molecular weight is 280 g/mol. The van der Waals surface area contributed by atoms with Gasteiger partial charge in [0, 0.05) is 12.1 Å². The number of aromatic nitrogens is 3. The third kappa shape index (κ3) is 3.29. The van der Waals surface area contributed by atoms with Crippen molar-refractivity contribution >= 4 is 5.91 Å². The van der Waals surface area contributed by atoms with Crippen molar-refractivity contribution in [3.8, 4) is 0 Å². The highest BCUT2D eigenvalue weighted by Gasteiger charge is 2.07. The number of aliphatic hydroxyl groups excluding tert-OH is 1. The summed E-state index contributed by atoms with van der Waals surface area (Å²) in [5.41, 5.74) is 0.288. The lowest BCUT2D eigenvalue weighted by molar-refractivity contribution is -0.121. The molecule has 3 N–H and O–H groups in total. The largest absolute Gasteiger partial charge is 0.392 e. The minimum absolute atomic E-state index is 0.133. The van der Waals surface area contributed by atoms with Crippen molar-refractivity contribution in [3.63, 3.8) is 0 Å². The molecule has 2 rings (SSSR count). The lowest BCUT2D eigenvalue weighted by atomic mass is 10.1. The summed E-state index contributed by atoms with van der Waals surface area (Å²) < 4.78 is 14.5. The molecule has 0 radical (unpaired) electrons. The standard InChI is InChI=1S/C12H13FN4O3/c13-10-3-8(1-2-9(10)6-18)4-14-11(19)5-17-7-15-16-12(17)20/h1-3,7,18H,4-6H2,(H,14,19)(H,16,20). The van der Waals surface area contributed by atoms with Gasteiger partial charge < -0.3 is 10.4 Å². The van der Waals surface area contributed by atoms with E-state index in [9.17, 15) is 14.0 Å². The fraction of sp³-hybridized carbons (Fsp3) is 0.250. The van der Waals surface area contributed by atoms with Crippen molar-refractivity contribution in [1.29, 1.82) is 0 Å². The van der Waals surface area contributed by atoms with Crippen LogP contribution in [0.3, 0.4) is 0 Å². The fourth-order valence-electron chi connectivity index (χ4n) is 1.62. The zero-order valence-electron chi connectivity index (χ0n) is 10.5. The first-order chi connectivity index (χ1) is 9.60. The van der Waals surface area contributed by atoms with Gasteiger partial charge in [-0.15, -0.1) is 0 Å². The fourth-order valence-corrected chi connectivity index (χ4v) is 1.62. The van der Waals surface area contributed by atoms with E-state index in [1.807, 2.05) is 0 Å². The number of hydrogen-bond acceptors (Lipinski definition) is 4. The summed E-state index contributed by atoms with van der Waals surface area (Å²) in [6, 6.07) is 4.31. The number of carbonyl (C=O) groups excluding carboxylic acids is 1. The number of hydrogen-bond donors (Lipinski definition) is 3. The predicted octanol–water partition coefficient (Wildman–Crippen LogP) is -0.481. The van der Waals surface area contributed by atoms with Gasteiger partial charge in [-0.05, 0) is 11.6 Å². The van der Waals surface area contributed by atoms with Crippen LogP contribution in [0.2, 0.25) is 0 Å². The number of nitrogens with one attached hydrogen (secondary N) is 2. The van der Waals surface area contributed by atoms with Crippen LogP contribution in [0.15, 0.2) is 29.3 Å². The van der Waals surface area contributed by atoms with Gasteiger partial charge in [-0.3, -0.25) is 9.36 Å². The van der Waals surface area contributed by atoms with Gasteiger partial charge in [-0.25, -0.2) is 14.3 Å². The molecule has 1 amide bonds. The van der Waals surface area contributed by atoms with E-state index in [4.69, 9.17) is 5.11 Å². The molecule has 7 nitrogen and oxygen atoms in total. The van der Waals surface area contributed by atoms with Crippen LogP contribution >= 0.6 is 0 Å². The van der Waals surface area contributed by atoms with Gasteiger partial charge in [0.2, 0.25) is 5.91 Å². The quantitative estimate of drug-likeness (QED) is 0.688. The summed E-state index contributed by atoms with van der Waals surface area (Å²) in [5.74, 6) is -0.912. The molecule has 1 aromatic carbocycles. The molecule has 0 bridgehead atoms. The first kappa shape index (κ1) is 13.9. The zero-order valence-corrected chi connectivity index (χ0v) is 10.5. The number of amides is 1. The highest BCUT2D eigenvalue weighted by molar-refractivity contribution is 5.75. The van der Waals surface area contributed by atoms with Crippen molar-refractivity contribution in [1.82, 2.24) is 20.1 Å². The molecular weight excluding hydrogens is 267 g/mol. The second-order valence-electron chi connectivity index (χ2n) is 4.15. The molecule has 0 unspecified atom stereocenters. The van der Waals surface area contributed by atoms with Crippen LogP contribution in [0.25, 0.3) is 0 Å². The molecule has 0 aliphatic heterocycles. The maximum Gasteiger partial charge on any atom is 0.343 e. The van der Waals surface area contributed by atoms with Crippen LogP contribution in [-0.4, -0.2) is 25.8 Å². The molecule has 20 heavy (non-hydrogen) atoms. The smallest absolute Gasteiger partial charge is 0.343 e. The van der Waals surface area contributed by atoms with Crippen molar-refractivity contribution in [3.05, 3.63) is 52.0 Å². The summed E-state index contributed by atoms with van der Waals surface area (Å²) in [7, 11) is 0. The molecule has 0 saturated carbocycles. The Morgan fingerprint density at radius 2 is 2.30 bits per heavy atom. The number of benzene rings is 1. The highest BCUT2D eigenvalue weighted by Crippen LogP contribution is 2.10. The Labute approximate surface area is 113 Å². The minimum atomic E-state index is -0.523. The highest BCUT2D eigenvalue weighted by atomic mass is 19.1. The first-order valence-corrected chi connectivity index (χ1v) is 5.85. The number of nitrogens with zero attached hydrogens (tertiary/aromatic N) is 2. The third-order valence-electron chi connectivity index (χ3n) is 2.71. The van der Waals surface area contributed by atoms with E-state index < -0.39 is 11.5 Å². The number of rotatable bonds is 5. The van der Waals surface area contributed by atoms with Crippen molar-refractivity contribution in [2.45, 2.75) is 19.7 Å². The molecule has 8 heteroatoms. The van der Waals surface area contributed by atoms with Gasteiger partial charge in [0.1, 0.15) is 18.7 Å². The van der Waals surface area contributed by atoms with E-state index in [2.05, 4.69) is 15.5 Å².